The van der Waals surface area contributed by atoms with Crippen molar-refractivity contribution in [3.63, 3.8) is 0 Å². The minimum Gasteiger partial charge on any atom is -0.374 e. The van der Waals surface area contributed by atoms with Gasteiger partial charge in [-0.05, 0) is 37.0 Å². The maximum Gasteiger partial charge on any atom is 0.249 e. The summed E-state index contributed by atoms with van der Waals surface area (Å²) in [6.45, 7) is 1.89. The number of amides is 2. The average molecular weight is 331 g/mol. The molecule has 6 heteroatoms. The Labute approximate surface area is 140 Å². The van der Waals surface area contributed by atoms with Gasteiger partial charge in [0.05, 0.1) is 0 Å². The molecule has 1 atom stereocenters. The van der Waals surface area contributed by atoms with E-state index in [-0.39, 0.29) is 23.5 Å². The Balaban J connectivity index is 1.37. The molecule has 1 unspecified atom stereocenters. The molecule has 0 spiro atoms. The second kappa shape index (κ2) is 6.16. The lowest BCUT2D eigenvalue weighted by Gasteiger charge is -2.48. The van der Waals surface area contributed by atoms with Crippen molar-refractivity contribution in [3.05, 3.63) is 29.6 Å². The van der Waals surface area contributed by atoms with E-state index >= 15 is 0 Å². The van der Waals surface area contributed by atoms with E-state index in [2.05, 4.69) is 15.5 Å². The van der Waals surface area contributed by atoms with Crippen LogP contribution in [0, 0.1) is 5.82 Å². The minimum atomic E-state index is -0.481. The van der Waals surface area contributed by atoms with Gasteiger partial charge in [-0.2, -0.15) is 0 Å². The number of hydrogen-bond acceptors (Lipinski definition) is 4. The number of carbonyl (C=O) groups is 2. The van der Waals surface area contributed by atoms with E-state index in [1.54, 1.807) is 0 Å². The topological polar surface area (TPSA) is 61.4 Å². The van der Waals surface area contributed by atoms with Crippen molar-refractivity contribution < 1.29 is 14.0 Å². The summed E-state index contributed by atoms with van der Waals surface area (Å²) in [5.41, 5.74) is 1.35. The SMILES string of the molecule is O=C1CCC(Nc2ccc(C3CN(C4CCC4)C3)c(F)c2)C(=O)N1. The Morgan fingerprint density at radius 2 is 1.96 bits per heavy atom. The maximum atomic E-state index is 14.4. The molecule has 4 rings (SSSR count). The highest BCUT2D eigenvalue weighted by molar-refractivity contribution is 6.01. The molecule has 3 aliphatic rings. The Kier molecular flexibility index (Phi) is 4.00. The monoisotopic (exact) mass is 331 g/mol. The first kappa shape index (κ1) is 15.6. The van der Waals surface area contributed by atoms with Crippen molar-refractivity contribution in [1.82, 2.24) is 10.2 Å². The summed E-state index contributed by atoms with van der Waals surface area (Å²) in [5.74, 6) is -0.535. The highest BCUT2D eigenvalue weighted by atomic mass is 19.1. The molecule has 2 N–H and O–H groups in total. The van der Waals surface area contributed by atoms with E-state index in [4.69, 9.17) is 0 Å². The maximum absolute atomic E-state index is 14.4. The molecule has 2 heterocycles. The molecule has 2 aliphatic heterocycles. The molecule has 2 saturated heterocycles. The Morgan fingerprint density at radius 3 is 2.58 bits per heavy atom. The third kappa shape index (κ3) is 2.90. The first-order valence-corrected chi connectivity index (χ1v) is 8.74. The Morgan fingerprint density at radius 1 is 1.17 bits per heavy atom. The van der Waals surface area contributed by atoms with Crippen LogP contribution in [0.25, 0.3) is 0 Å². The Bertz CT molecular complexity index is 668. The number of nitrogens with one attached hydrogen (secondary N) is 2. The molecule has 1 aromatic rings. The summed E-state index contributed by atoms with van der Waals surface area (Å²) in [4.78, 5) is 25.4. The summed E-state index contributed by atoms with van der Waals surface area (Å²) in [6, 6.07) is 5.36. The smallest absolute Gasteiger partial charge is 0.249 e. The zero-order valence-electron chi connectivity index (χ0n) is 13.6. The lowest BCUT2D eigenvalue weighted by molar-refractivity contribution is -0.133. The number of piperidine rings is 1. The third-order valence-corrected chi connectivity index (χ3v) is 5.52. The van der Waals surface area contributed by atoms with E-state index in [1.165, 1.54) is 25.3 Å². The minimum absolute atomic E-state index is 0.217. The summed E-state index contributed by atoms with van der Waals surface area (Å²) < 4.78 is 14.4. The van der Waals surface area contributed by atoms with Crippen LogP contribution in [-0.4, -0.2) is 41.9 Å². The number of rotatable bonds is 4. The molecular weight excluding hydrogens is 309 g/mol. The molecule has 0 radical (unpaired) electrons. The number of halogens is 1. The molecule has 5 nitrogen and oxygen atoms in total. The predicted molar refractivity (Wildman–Crippen MR) is 88.1 cm³/mol. The van der Waals surface area contributed by atoms with E-state index in [1.807, 2.05) is 12.1 Å². The van der Waals surface area contributed by atoms with Gasteiger partial charge in [0.1, 0.15) is 11.9 Å². The molecule has 1 saturated carbocycles. The standard InChI is InChI=1S/C18H22FN3O2/c19-15-8-12(20-16-6-7-17(23)21-18(16)24)4-5-14(15)11-9-22(10-11)13-2-1-3-13/h4-5,8,11,13,16,20H,1-3,6-7,9-10H2,(H,21,23,24). The first-order chi connectivity index (χ1) is 11.6. The zero-order valence-corrected chi connectivity index (χ0v) is 13.6. The molecule has 0 bridgehead atoms. The van der Waals surface area contributed by atoms with Crippen LogP contribution >= 0.6 is 0 Å². The highest BCUT2D eigenvalue weighted by Crippen LogP contribution is 2.36. The quantitative estimate of drug-likeness (QED) is 0.829. The number of nitrogens with zero attached hydrogens (tertiary/aromatic N) is 1. The molecule has 128 valence electrons. The van der Waals surface area contributed by atoms with Gasteiger partial charge >= 0.3 is 0 Å². The van der Waals surface area contributed by atoms with E-state index in [0.29, 0.717) is 18.5 Å². The van der Waals surface area contributed by atoms with Crippen LogP contribution in [0.5, 0.6) is 0 Å². The molecule has 1 aromatic carbocycles. The van der Waals surface area contributed by atoms with Crippen LogP contribution in [0.1, 0.15) is 43.6 Å². The largest absolute Gasteiger partial charge is 0.374 e. The van der Waals surface area contributed by atoms with Crippen LogP contribution in [0.4, 0.5) is 10.1 Å². The van der Waals surface area contributed by atoms with Crippen LogP contribution in [-0.2, 0) is 9.59 Å². The number of anilines is 1. The number of carbonyl (C=O) groups excluding carboxylic acids is 2. The van der Waals surface area contributed by atoms with Crippen molar-refractivity contribution >= 4 is 17.5 Å². The molecular formula is C18H22FN3O2. The predicted octanol–water partition coefficient (Wildman–Crippen LogP) is 1.99. The summed E-state index contributed by atoms with van der Waals surface area (Å²) >= 11 is 0. The number of likely N-dealkylation sites (tertiary alicyclic amines) is 1. The van der Waals surface area contributed by atoms with Crippen LogP contribution < -0.4 is 10.6 Å². The van der Waals surface area contributed by atoms with Crippen molar-refractivity contribution in [3.8, 4) is 0 Å². The number of hydrogen-bond donors (Lipinski definition) is 2. The van der Waals surface area contributed by atoms with Gasteiger partial charge in [-0.1, -0.05) is 12.5 Å². The molecule has 0 aromatic heterocycles. The summed E-state index contributed by atoms with van der Waals surface area (Å²) in [7, 11) is 0. The van der Waals surface area contributed by atoms with Crippen molar-refractivity contribution in [2.24, 2.45) is 0 Å². The summed E-state index contributed by atoms with van der Waals surface area (Å²) in [6.07, 6.45) is 4.63. The van der Waals surface area contributed by atoms with E-state index in [9.17, 15) is 14.0 Å². The second-order valence-electron chi connectivity index (χ2n) is 7.12. The van der Waals surface area contributed by atoms with Crippen LogP contribution in [0.2, 0.25) is 0 Å². The van der Waals surface area contributed by atoms with Gasteiger partial charge in [0.25, 0.3) is 0 Å². The number of benzene rings is 1. The van der Waals surface area contributed by atoms with Gasteiger partial charge in [0.15, 0.2) is 0 Å². The Hall–Kier alpha value is -1.95. The molecule has 2 amide bonds. The van der Waals surface area contributed by atoms with Gasteiger partial charge < -0.3 is 5.32 Å². The molecule has 24 heavy (non-hydrogen) atoms. The molecule has 3 fully saturated rings. The van der Waals surface area contributed by atoms with Gasteiger partial charge in [0, 0.05) is 37.2 Å². The van der Waals surface area contributed by atoms with Gasteiger partial charge in [0.2, 0.25) is 11.8 Å². The fourth-order valence-electron chi connectivity index (χ4n) is 3.74. The van der Waals surface area contributed by atoms with Gasteiger partial charge in [-0.3, -0.25) is 19.8 Å². The van der Waals surface area contributed by atoms with Crippen LogP contribution in [0.15, 0.2) is 18.2 Å². The summed E-state index contributed by atoms with van der Waals surface area (Å²) in [5, 5.41) is 5.32. The average Bonchev–Trinajstić information content (AvgIpc) is 2.44. The van der Waals surface area contributed by atoms with Crippen molar-refractivity contribution in [2.45, 2.75) is 50.1 Å². The fraction of sp³-hybridized carbons (Fsp3) is 0.556. The van der Waals surface area contributed by atoms with E-state index < -0.39 is 6.04 Å². The third-order valence-electron chi connectivity index (χ3n) is 5.52. The molecule has 1 aliphatic carbocycles. The second-order valence-corrected chi connectivity index (χ2v) is 7.12. The number of imide groups is 1. The normalized spacial score (nSPS) is 25.8. The van der Waals surface area contributed by atoms with Crippen LogP contribution in [0.3, 0.4) is 0 Å². The highest BCUT2D eigenvalue weighted by Gasteiger charge is 2.36. The van der Waals surface area contributed by atoms with Gasteiger partial charge in [-0.15, -0.1) is 0 Å². The zero-order chi connectivity index (χ0) is 16.7. The fourth-order valence-corrected chi connectivity index (χ4v) is 3.74. The lowest BCUT2D eigenvalue weighted by atomic mass is 9.83. The first-order valence-electron chi connectivity index (χ1n) is 8.74. The van der Waals surface area contributed by atoms with Crippen molar-refractivity contribution in [2.75, 3.05) is 18.4 Å². The van der Waals surface area contributed by atoms with Gasteiger partial charge in [-0.25, -0.2) is 4.39 Å². The van der Waals surface area contributed by atoms with Crippen molar-refractivity contribution in [1.29, 1.82) is 0 Å². The van der Waals surface area contributed by atoms with E-state index in [0.717, 1.165) is 24.7 Å². The lowest BCUT2D eigenvalue weighted by Crippen LogP contribution is -2.53.